The summed E-state index contributed by atoms with van der Waals surface area (Å²) in [4.78, 5) is 12.2. The van der Waals surface area contributed by atoms with Crippen LogP contribution in [0.15, 0.2) is 47.4 Å². The summed E-state index contributed by atoms with van der Waals surface area (Å²) in [5.41, 5.74) is 1.19. The van der Waals surface area contributed by atoms with E-state index in [1.54, 1.807) is 32.9 Å². The molecular formula is C19H24FN3O5S2. The van der Waals surface area contributed by atoms with Crippen LogP contribution in [0, 0.1) is 18.7 Å². The largest absolute Gasteiger partial charge is 0.325 e. The van der Waals surface area contributed by atoms with Gasteiger partial charge in [-0.25, -0.2) is 21.2 Å². The molecule has 3 N–H and O–H groups in total. The van der Waals surface area contributed by atoms with Gasteiger partial charge in [0.15, 0.2) is 0 Å². The van der Waals surface area contributed by atoms with Crippen LogP contribution in [0.5, 0.6) is 0 Å². The van der Waals surface area contributed by atoms with Crippen molar-refractivity contribution in [1.82, 2.24) is 4.72 Å². The molecule has 30 heavy (non-hydrogen) atoms. The van der Waals surface area contributed by atoms with E-state index >= 15 is 0 Å². The van der Waals surface area contributed by atoms with Gasteiger partial charge in [0.05, 0.1) is 11.9 Å². The van der Waals surface area contributed by atoms with E-state index in [2.05, 4.69) is 14.8 Å². The molecule has 0 saturated heterocycles. The van der Waals surface area contributed by atoms with E-state index in [1.807, 2.05) is 0 Å². The van der Waals surface area contributed by atoms with Crippen molar-refractivity contribution in [3.05, 3.63) is 53.8 Å². The lowest BCUT2D eigenvalue weighted by Gasteiger charge is -2.22. The first-order valence-electron chi connectivity index (χ1n) is 8.96. The maximum absolute atomic E-state index is 13.9. The van der Waals surface area contributed by atoms with Gasteiger partial charge in [0.1, 0.15) is 16.8 Å². The normalized spacial score (nSPS) is 13.1. The highest BCUT2D eigenvalue weighted by molar-refractivity contribution is 7.92. The lowest BCUT2D eigenvalue weighted by molar-refractivity contribution is -0.118. The molecule has 0 aliphatic heterocycles. The quantitative estimate of drug-likeness (QED) is 0.562. The minimum atomic E-state index is -4.29. The summed E-state index contributed by atoms with van der Waals surface area (Å²) in [7, 11) is -7.81. The molecule has 1 atom stereocenters. The number of benzene rings is 2. The van der Waals surface area contributed by atoms with Crippen LogP contribution in [0.2, 0.25) is 0 Å². The van der Waals surface area contributed by atoms with Gasteiger partial charge in [-0.1, -0.05) is 32.0 Å². The van der Waals surface area contributed by atoms with E-state index < -0.39 is 48.6 Å². The van der Waals surface area contributed by atoms with Gasteiger partial charge in [-0.2, -0.15) is 4.72 Å². The Labute approximate surface area is 176 Å². The Bertz CT molecular complexity index is 1150. The van der Waals surface area contributed by atoms with Crippen LogP contribution in [0.3, 0.4) is 0 Å². The highest BCUT2D eigenvalue weighted by Gasteiger charge is 2.30. The number of hydrogen-bond acceptors (Lipinski definition) is 5. The molecule has 8 nitrogen and oxygen atoms in total. The number of carbonyl (C=O) groups is 1. The molecule has 2 aromatic carbocycles. The molecule has 11 heteroatoms. The van der Waals surface area contributed by atoms with Gasteiger partial charge in [-0.05, 0) is 42.7 Å². The molecular weight excluding hydrogens is 433 g/mol. The van der Waals surface area contributed by atoms with E-state index in [0.717, 1.165) is 18.4 Å². The molecule has 164 valence electrons. The fraction of sp³-hybridized carbons (Fsp3) is 0.316. The number of rotatable bonds is 8. The Morgan fingerprint density at radius 2 is 1.67 bits per heavy atom. The molecule has 0 aliphatic carbocycles. The summed E-state index contributed by atoms with van der Waals surface area (Å²) in [5, 5.41) is 2.57. The summed E-state index contributed by atoms with van der Waals surface area (Å²) >= 11 is 0. The number of nitrogens with one attached hydrogen (secondary N) is 3. The van der Waals surface area contributed by atoms with E-state index in [1.165, 1.54) is 18.2 Å². The second-order valence-corrected chi connectivity index (χ2v) is 10.6. The maximum Gasteiger partial charge on any atom is 0.244 e. The minimum absolute atomic E-state index is 0.271. The second kappa shape index (κ2) is 9.11. The number of sulfonamides is 2. The zero-order valence-corrected chi connectivity index (χ0v) is 18.6. The molecule has 2 aromatic rings. The lowest BCUT2D eigenvalue weighted by atomic mass is 10.0. The van der Waals surface area contributed by atoms with Crippen LogP contribution in [0.1, 0.15) is 19.4 Å². The average Bonchev–Trinajstić information content (AvgIpc) is 2.61. The third-order valence-electron chi connectivity index (χ3n) is 4.16. The van der Waals surface area contributed by atoms with Crippen molar-refractivity contribution in [2.24, 2.45) is 5.92 Å². The van der Waals surface area contributed by atoms with Gasteiger partial charge in [0.2, 0.25) is 26.0 Å². The van der Waals surface area contributed by atoms with Crippen molar-refractivity contribution in [2.45, 2.75) is 31.7 Å². The first-order valence-corrected chi connectivity index (χ1v) is 12.3. The second-order valence-electron chi connectivity index (χ2n) is 7.17. The Hall–Kier alpha value is -2.50. The van der Waals surface area contributed by atoms with Crippen LogP contribution < -0.4 is 14.8 Å². The minimum Gasteiger partial charge on any atom is -0.325 e. The van der Waals surface area contributed by atoms with Crippen molar-refractivity contribution in [3.8, 4) is 0 Å². The first-order chi connectivity index (χ1) is 13.8. The predicted octanol–water partition coefficient (Wildman–Crippen LogP) is 2.45. The number of aryl methyl sites for hydroxylation is 1. The van der Waals surface area contributed by atoms with Crippen molar-refractivity contribution < 1.29 is 26.0 Å². The zero-order chi connectivity index (χ0) is 22.7. The molecule has 0 saturated carbocycles. The van der Waals surface area contributed by atoms with Crippen LogP contribution in [-0.2, 0) is 24.8 Å². The lowest BCUT2D eigenvalue weighted by Crippen LogP contribution is -2.47. The Morgan fingerprint density at radius 3 is 2.23 bits per heavy atom. The number of amides is 1. The zero-order valence-electron chi connectivity index (χ0n) is 16.9. The predicted molar refractivity (Wildman–Crippen MR) is 114 cm³/mol. The van der Waals surface area contributed by atoms with E-state index in [9.17, 15) is 26.0 Å². The molecule has 0 unspecified atom stereocenters. The first kappa shape index (κ1) is 23.8. The van der Waals surface area contributed by atoms with Crippen molar-refractivity contribution in [1.29, 1.82) is 0 Å². The number of halogens is 1. The SMILES string of the molecule is Cc1ccc(NC(=O)[C@@H](NS(=O)(=O)c2ccccc2F)C(C)C)cc1NS(C)(=O)=O. The van der Waals surface area contributed by atoms with Crippen LogP contribution in [-0.4, -0.2) is 35.0 Å². The van der Waals surface area contributed by atoms with Crippen molar-refractivity contribution in [2.75, 3.05) is 16.3 Å². The van der Waals surface area contributed by atoms with Crippen molar-refractivity contribution in [3.63, 3.8) is 0 Å². The van der Waals surface area contributed by atoms with E-state index in [-0.39, 0.29) is 11.4 Å². The van der Waals surface area contributed by atoms with Gasteiger partial charge in [-0.3, -0.25) is 9.52 Å². The number of carbonyl (C=O) groups excluding carboxylic acids is 1. The molecule has 0 fully saturated rings. The van der Waals surface area contributed by atoms with Gasteiger partial charge in [-0.15, -0.1) is 0 Å². The van der Waals surface area contributed by atoms with Gasteiger partial charge in [0, 0.05) is 5.69 Å². The third kappa shape index (κ3) is 6.25. The van der Waals surface area contributed by atoms with Crippen LogP contribution in [0.25, 0.3) is 0 Å². The molecule has 0 aromatic heterocycles. The molecule has 2 rings (SSSR count). The fourth-order valence-electron chi connectivity index (χ4n) is 2.62. The van der Waals surface area contributed by atoms with Gasteiger partial charge in [0.25, 0.3) is 0 Å². The van der Waals surface area contributed by atoms with Gasteiger partial charge < -0.3 is 5.32 Å². The van der Waals surface area contributed by atoms with Gasteiger partial charge >= 0.3 is 0 Å². The van der Waals surface area contributed by atoms with Crippen LogP contribution in [0.4, 0.5) is 15.8 Å². The average molecular weight is 458 g/mol. The number of hydrogen-bond donors (Lipinski definition) is 3. The molecule has 0 aliphatic rings. The summed E-state index contributed by atoms with van der Waals surface area (Å²) in [5.74, 6) is -2.05. The highest BCUT2D eigenvalue weighted by Crippen LogP contribution is 2.22. The number of anilines is 2. The monoisotopic (exact) mass is 457 g/mol. The summed E-state index contributed by atoms with van der Waals surface area (Å²) in [6.07, 6.45) is 1.00. The summed E-state index contributed by atoms with van der Waals surface area (Å²) in [6.45, 7) is 4.97. The van der Waals surface area contributed by atoms with Crippen LogP contribution >= 0.6 is 0 Å². The van der Waals surface area contributed by atoms with E-state index in [4.69, 9.17) is 0 Å². The smallest absolute Gasteiger partial charge is 0.244 e. The molecule has 0 heterocycles. The Kier molecular flexibility index (Phi) is 7.22. The highest BCUT2D eigenvalue weighted by atomic mass is 32.2. The summed E-state index contributed by atoms with van der Waals surface area (Å²) < 4.78 is 66.7. The third-order valence-corrected chi connectivity index (χ3v) is 6.22. The topological polar surface area (TPSA) is 121 Å². The Morgan fingerprint density at radius 1 is 1.03 bits per heavy atom. The molecule has 1 amide bonds. The summed E-state index contributed by atoms with van der Waals surface area (Å²) in [6, 6.07) is 8.27. The maximum atomic E-state index is 13.9. The van der Waals surface area contributed by atoms with E-state index in [0.29, 0.717) is 5.56 Å². The molecule has 0 bridgehead atoms. The Balaban J connectivity index is 2.27. The van der Waals surface area contributed by atoms with Crippen molar-refractivity contribution >= 4 is 37.3 Å². The molecule has 0 radical (unpaired) electrons. The fourth-order valence-corrected chi connectivity index (χ4v) is 4.66. The standard InChI is InChI=1S/C19H24FN3O5S2/c1-12(2)18(23-30(27,28)17-8-6-5-7-15(17)20)19(24)21-14-10-9-13(3)16(11-14)22-29(4,25)26/h5-12,18,22-23H,1-4H3,(H,21,24)/t18-/m0/s1. The molecule has 0 spiro atoms.